The Kier molecular flexibility index (Phi) is 4.39. The highest BCUT2D eigenvalue weighted by atomic mass is 16.4. The second kappa shape index (κ2) is 5.59. The third-order valence-electron chi connectivity index (χ3n) is 2.25. The maximum Gasteiger partial charge on any atom is 0.304 e. The Morgan fingerprint density at radius 3 is 2.86 bits per heavy atom. The van der Waals surface area contributed by atoms with Gasteiger partial charge < -0.3 is 15.3 Å². The molecule has 1 aliphatic heterocycles. The first-order valence-corrected chi connectivity index (χ1v) is 4.90. The monoisotopic (exact) mass is 200 g/mol. The second-order valence-corrected chi connectivity index (χ2v) is 3.38. The third kappa shape index (κ3) is 3.74. The van der Waals surface area contributed by atoms with Crippen LogP contribution in [0.15, 0.2) is 0 Å². The molecule has 1 heterocycles. The molecule has 0 aromatic rings. The standard InChI is InChI=1S/C9H16N2O3/c12-8-2-1-6-11(8)7-5-10-4-3-9(13)14/h10H,1-7H2,(H,13,14). The van der Waals surface area contributed by atoms with E-state index in [9.17, 15) is 9.59 Å². The van der Waals surface area contributed by atoms with Crippen LogP contribution in [0.5, 0.6) is 0 Å². The van der Waals surface area contributed by atoms with Crippen molar-refractivity contribution < 1.29 is 14.7 Å². The van der Waals surface area contributed by atoms with Crippen LogP contribution in [0, 0.1) is 0 Å². The number of hydrogen-bond acceptors (Lipinski definition) is 3. The van der Waals surface area contributed by atoms with Crippen LogP contribution in [0.3, 0.4) is 0 Å². The molecule has 0 spiro atoms. The Balaban J connectivity index is 1.98. The smallest absolute Gasteiger partial charge is 0.304 e. The summed E-state index contributed by atoms with van der Waals surface area (Å²) in [6, 6.07) is 0. The molecular formula is C9H16N2O3. The van der Waals surface area contributed by atoms with Gasteiger partial charge in [0.1, 0.15) is 0 Å². The van der Waals surface area contributed by atoms with E-state index in [1.807, 2.05) is 4.90 Å². The predicted octanol–water partition coefficient (Wildman–Crippen LogP) is -0.327. The van der Waals surface area contributed by atoms with Crippen LogP contribution in [0.4, 0.5) is 0 Å². The van der Waals surface area contributed by atoms with Gasteiger partial charge in [-0.2, -0.15) is 0 Å². The number of carboxylic acids is 1. The first-order valence-electron chi connectivity index (χ1n) is 4.90. The molecule has 1 rings (SSSR count). The van der Waals surface area contributed by atoms with Crippen LogP contribution in [-0.4, -0.2) is 48.1 Å². The summed E-state index contributed by atoms with van der Waals surface area (Å²) in [6.07, 6.45) is 1.75. The second-order valence-electron chi connectivity index (χ2n) is 3.38. The van der Waals surface area contributed by atoms with Crippen molar-refractivity contribution in [1.29, 1.82) is 0 Å². The van der Waals surface area contributed by atoms with Crippen molar-refractivity contribution in [3.63, 3.8) is 0 Å². The molecule has 2 N–H and O–H groups in total. The predicted molar refractivity (Wildman–Crippen MR) is 50.9 cm³/mol. The molecule has 0 aromatic carbocycles. The molecule has 1 aliphatic rings. The van der Waals surface area contributed by atoms with Gasteiger partial charge in [0.25, 0.3) is 0 Å². The number of carboxylic acid groups (broad SMARTS) is 1. The quantitative estimate of drug-likeness (QED) is 0.576. The lowest BCUT2D eigenvalue weighted by atomic mass is 10.4. The number of carbonyl (C=O) groups excluding carboxylic acids is 1. The zero-order valence-electron chi connectivity index (χ0n) is 8.16. The molecule has 1 fully saturated rings. The van der Waals surface area contributed by atoms with Gasteiger partial charge >= 0.3 is 5.97 Å². The SMILES string of the molecule is O=C(O)CCNCCN1CCCC1=O. The van der Waals surface area contributed by atoms with Crippen LogP contribution in [-0.2, 0) is 9.59 Å². The molecule has 0 unspecified atom stereocenters. The molecule has 0 aromatic heterocycles. The van der Waals surface area contributed by atoms with Crippen molar-refractivity contribution in [1.82, 2.24) is 10.2 Å². The molecule has 5 nitrogen and oxygen atoms in total. The summed E-state index contributed by atoms with van der Waals surface area (Å²) < 4.78 is 0. The Morgan fingerprint density at radius 2 is 2.29 bits per heavy atom. The van der Waals surface area contributed by atoms with E-state index in [4.69, 9.17) is 5.11 Å². The minimum atomic E-state index is -0.797. The van der Waals surface area contributed by atoms with E-state index in [1.54, 1.807) is 0 Å². The first-order chi connectivity index (χ1) is 6.70. The van der Waals surface area contributed by atoms with Gasteiger partial charge in [-0.15, -0.1) is 0 Å². The summed E-state index contributed by atoms with van der Waals surface area (Å²) >= 11 is 0. The van der Waals surface area contributed by atoms with Gasteiger partial charge in [0.15, 0.2) is 0 Å². The van der Waals surface area contributed by atoms with E-state index in [0.29, 0.717) is 26.1 Å². The summed E-state index contributed by atoms with van der Waals surface area (Å²) in [4.78, 5) is 23.1. The average molecular weight is 200 g/mol. The van der Waals surface area contributed by atoms with Crippen molar-refractivity contribution in [2.75, 3.05) is 26.2 Å². The lowest BCUT2D eigenvalue weighted by Gasteiger charge is -2.15. The number of nitrogens with zero attached hydrogens (tertiary/aromatic N) is 1. The lowest BCUT2D eigenvalue weighted by Crippen LogP contribution is -2.33. The Labute approximate surface area is 83.1 Å². The average Bonchev–Trinajstić information content (AvgIpc) is 2.51. The van der Waals surface area contributed by atoms with Gasteiger partial charge in [-0.25, -0.2) is 0 Å². The minimum Gasteiger partial charge on any atom is -0.481 e. The molecule has 0 bridgehead atoms. The fourth-order valence-electron chi connectivity index (χ4n) is 1.47. The summed E-state index contributed by atoms with van der Waals surface area (Å²) in [7, 11) is 0. The minimum absolute atomic E-state index is 0.133. The van der Waals surface area contributed by atoms with Crippen LogP contribution >= 0.6 is 0 Å². The highest BCUT2D eigenvalue weighted by Gasteiger charge is 2.18. The number of carbonyl (C=O) groups is 2. The summed E-state index contributed by atoms with van der Waals surface area (Å²) in [5.41, 5.74) is 0. The van der Waals surface area contributed by atoms with E-state index in [-0.39, 0.29) is 12.3 Å². The number of aliphatic carboxylic acids is 1. The van der Waals surface area contributed by atoms with Crippen LogP contribution in [0.25, 0.3) is 0 Å². The molecule has 5 heteroatoms. The third-order valence-corrected chi connectivity index (χ3v) is 2.25. The Morgan fingerprint density at radius 1 is 1.50 bits per heavy atom. The maximum absolute atomic E-state index is 11.2. The molecule has 0 aliphatic carbocycles. The van der Waals surface area contributed by atoms with E-state index >= 15 is 0 Å². The van der Waals surface area contributed by atoms with Gasteiger partial charge in [0, 0.05) is 32.6 Å². The fraction of sp³-hybridized carbons (Fsp3) is 0.778. The zero-order chi connectivity index (χ0) is 10.4. The van der Waals surface area contributed by atoms with Gasteiger partial charge in [-0.3, -0.25) is 9.59 Å². The molecule has 1 amide bonds. The van der Waals surface area contributed by atoms with Crippen LogP contribution < -0.4 is 5.32 Å². The normalized spacial score (nSPS) is 16.3. The molecule has 1 saturated heterocycles. The zero-order valence-corrected chi connectivity index (χ0v) is 8.16. The van der Waals surface area contributed by atoms with Gasteiger partial charge in [-0.1, -0.05) is 0 Å². The molecular weight excluding hydrogens is 184 g/mol. The highest BCUT2D eigenvalue weighted by Crippen LogP contribution is 2.07. The molecule has 0 atom stereocenters. The summed E-state index contributed by atoms with van der Waals surface area (Å²) in [5, 5.41) is 11.4. The lowest BCUT2D eigenvalue weighted by molar-refractivity contribution is -0.137. The van der Waals surface area contributed by atoms with Crippen LogP contribution in [0.1, 0.15) is 19.3 Å². The fourth-order valence-corrected chi connectivity index (χ4v) is 1.47. The van der Waals surface area contributed by atoms with E-state index in [1.165, 1.54) is 0 Å². The molecule has 0 radical (unpaired) electrons. The van der Waals surface area contributed by atoms with E-state index < -0.39 is 5.97 Å². The topological polar surface area (TPSA) is 69.6 Å². The van der Waals surface area contributed by atoms with Crippen LogP contribution in [0.2, 0.25) is 0 Å². The van der Waals surface area contributed by atoms with Crippen molar-refractivity contribution in [3.05, 3.63) is 0 Å². The number of likely N-dealkylation sites (tertiary alicyclic amines) is 1. The maximum atomic E-state index is 11.2. The van der Waals surface area contributed by atoms with Gasteiger partial charge in [0.05, 0.1) is 6.42 Å². The van der Waals surface area contributed by atoms with Crippen molar-refractivity contribution >= 4 is 11.9 Å². The molecule has 14 heavy (non-hydrogen) atoms. The number of amides is 1. The van der Waals surface area contributed by atoms with E-state index in [0.717, 1.165) is 13.0 Å². The van der Waals surface area contributed by atoms with Crippen molar-refractivity contribution in [2.24, 2.45) is 0 Å². The van der Waals surface area contributed by atoms with Gasteiger partial charge in [-0.05, 0) is 6.42 Å². The number of nitrogens with one attached hydrogen (secondary N) is 1. The number of hydrogen-bond donors (Lipinski definition) is 2. The van der Waals surface area contributed by atoms with Crippen molar-refractivity contribution in [2.45, 2.75) is 19.3 Å². The highest BCUT2D eigenvalue weighted by molar-refractivity contribution is 5.78. The summed E-state index contributed by atoms with van der Waals surface area (Å²) in [5.74, 6) is -0.584. The largest absolute Gasteiger partial charge is 0.481 e. The molecule has 80 valence electrons. The van der Waals surface area contributed by atoms with Gasteiger partial charge in [0.2, 0.25) is 5.91 Å². The Bertz CT molecular complexity index is 218. The molecule has 0 saturated carbocycles. The summed E-state index contributed by atoms with van der Waals surface area (Å²) in [6.45, 7) is 2.69. The Hall–Kier alpha value is -1.10. The first kappa shape index (κ1) is 11.0. The van der Waals surface area contributed by atoms with E-state index in [2.05, 4.69) is 5.32 Å². The number of rotatable bonds is 6. The van der Waals surface area contributed by atoms with Crippen molar-refractivity contribution in [3.8, 4) is 0 Å².